The second kappa shape index (κ2) is 7.39. The molecule has 2 N–H and O–H groups in total. The van der Waals surface area contributed by atoms with Crippen LogP contribution in [0, 0.1) is 0 Å². The van der Waals surface area contributed by atoms with Gasteiger partial charge in [0.2, 0.25) is 0 Å². The predicted octanol–water partition coefficient (Wildman–Crippen LogP) is 2.43. The van der Waals surface area contributed by atoms with Crippen LogP contribution < -0.4 is 16.2 Å². The van der Waals surface area contributed by atoms with Crippen molar-refractivity contribution in [3.8, 4) is 0 Å². The zero-order valence-corrected chi connectivity index (χ0v) is 11.8. The van der Waals surface area contributed by atoms with Crippen LogP contribution in [0.4, 0.5) is 4.79 Å². The van der Waals surface area contributed by atoms with Gasteiger partial charge in [0.1, 0.15) is 0 Å². The molecule has 0 saturated carbocycles. The molecule has 3 rings (SSSR count). The quantitative estimate of drug-likeness (QED) is 0.327. The monoisotopic (exact) mass is 309 g/mol. The van der Waals surface area contributed by atoms with Crippen molar-refractivity contribution in [3.05, 3.63) is 80.8 Å². The third kappa shape index (κ3) is 4.42. The summed E-state index contributed by atoms with van der Waals surface area (Å²) in [6.45, 7) is 0. The molecule has 0 saturated heterocycles. The third-order valence-electron chi connectivity index (χ3n) is 2.81. The number of urea groups is 1. The maximum atomic E-state index is 11.3. The first-order chi connectivity index (χ1) is 11.1. The predicted molar refractivity (Wildman–Crippen MR) is 84.2 cm³/mol. The van der Waals surface area contributed by atoms with Crippen molar-refractivity contribution in [1.82, 2.24) is 10.7 Å². The normalized spacial score (nSPS) is 9.39. The maximum absolute atomic E-state index is 11.3. The second-order valence-corrected chi connectivity index (χ2v) is 4.33. The molecule has 0 aliphatic carbocycles. The van der Waals surface area contributed by atoms with E-state index in [-0.39, 0.29) is 5.43 Å². The van der Waals surface area contributed by atoms with E-state index in [2.05, 4.69) is 10.1 Å². The van der Waals surface area contributed by atoms with Crippen molar-refractivity contribution in [1.29, 1.82) is 0 Å². The summed E-state index contributed by atoms with van der Waals surface area (Å²) in [5.74, 6) is -0.568. The zero-order valence-electron chi connectivity index (χ0n) is 11.8. The fourth-order valence-corrected chi connectivity index (χ4v) is 1.69. The summed E-state index contributed by atoms with van der Waals surface area (Å²) >= 11 is 0. The number of amides is 3. The highest BCUT2D eigenvalue weighted by atomic mass is 16.2. The van der Waals surface area contributed by atoms with E-state index in [4.69, 9.17) is 5.53 Å². The Morgan fingerprint density at radius 3 is 2.04 bits per heavy atom. The van der Waals surface area contributed by atoms with Gasteiger partial charge in [0.25, 0.3) is 5.91 Å². The maximum Gasteiger partial charge on any atom is 0.416 e. The minimum Gasteiger partial charge on any atom is -0.289 e. The van der Waals surface area contributed by atoms with E-state index in [9.17, 15) is 14.4 Å². The van der Waals surface area contributed by atoms with Gasteiger partial charge in [-0.25, -0.2) is 4.79 Å². The Labute approximate surface area is 130 Å². The Morgan fingerprint density at radius 2 is 1.52 bits per heavy atom. The molecule has 8 nitrogen and oxygen atoms in total. The minimum atomic E-state index is -0.873. The smallest absolute Gasteiger partial charge is 0.289 e. The van der Waals surface area contributed by atoms with Crippen LogP contribution in [0.15, 0.2) is 64.6 Å². The van der Waals surface area contributed by atoms with Crippen molar-refractivity contribution in [2.24, 2.45) is 5.22 Å². The number of azide groups is 1. The summed E-state index contributed by atoms with van der Waals surface area (Å²) in [4.78, 5) is 35.0. The van der Waals surface area contributed by atoms with Crippen molar-refractivity contribution in [3.63, 3.8) is 0 Å². The molecule has 0 fully saturated rings. The van der Waals surface area contributed by atoms with Crippen molar-refractivity contribution >= 4 is 22.7 Å². The lowest BCUT2D eigenvalue weighted by atomic mass is 10.2. The van der Waals surface area contributed by atoms with Crippen LogP contribution in [0.2, 0.25) is 0 Å². The lowest BCUT2D eigenvalue weighted by molar-refractivity contribution is 0.0964. The SMILES string of the molecule is O=c1c2ccccc12.[N-]=[N+]=NNC(=O)NC(=O)c1ccccc1. The molecular weight excluding hydrogens is 298 g/mol. The Hall–Kier alpha value is -3.64. The molecule has 3 aromatic carbocycles. The Balaban J connectivity index is 0.000000198. The molecule has 0 aliphatic heterocycles. The van der Waals surface area contributed by atoms with Gasteiger partial charge in [-0.3, -0.25) is 14.9 Å². The molecule has 0 spiro atoms. The number of carbonyl (C=O) groups is 2. The van der Waals surface area contributed by atoms with Gasteiger partial charge in [0.05, 0.1) is 0 Å². The van der Waals surface area contributed by atoms with Crippen LogP contribution in [0.25, 0.3) is 21.2 Å². The summed E-state index contributed by atoms with van der Waals surface area (Å²) < 4.78 is 0. The average Bonchev–Trinajstić information content (AvgIpc) is 3.25. The molecule has 0 heterocycles. The van der Waals surface area contributed by atoms with Crippen LogP contribution >= 0.6 is 0 Å². The number of carbonyl (C=O) groups excluding carboxylic acids is 2. The van der Waals surface area contributed by atoms with Gasteiger partial charge < -0.3 is 0 Å². The second-order valence-electron chi connectivity index (χ2n) is 4.33. The molecule has 0 radical (unpaired) electrons. The summed E-state index contributed by atoms with van der Waals surface area (Å²) in [7, 11) is 0. The van der Waals surface area contributed by atoms with Gasteiger partial charge in [-0.2, -0.15) is 10.3 Å². The van der Waals surface area contributed by atoms with E-state index in [0.29, 0.717) is 5.56 Å². The molecule has 23 heavy (non-hydrogen) atoms. The lowest BCUT2D eigenvalue weighted by Crippen LogP contribution is -2.36. The Morgan fingerprint density at radius 1 is 0.957 bits per heavy atom. The number of fused-ring (bicyclic) bond motifs is 1. The lowest BCUT2D eigenvalue weighted by Gasteiger charge is -1.99. The van der Waals surface area contributed by atoms with E-state index in [1.807, 2.05) is 29.6 Å². The van der Waals surface area contributed by atoms with Crippen LogP contribution in [0.3, 0.4) is 0 Å². The molecule has 0 aromatic heterocycles. The number of hydrogen-bond acceptors (Lipinski definition) is 4. The van der Waals surface area contributed by atoms with Crippen molar-refractivity contribution in [2.45, 2.75) is 0 Å². The third-order valence-corrected chi connectivity index (χ3v) is 2.81. The van der Waals surface area contributed by atoms with E-state index < -0.39 is 11.9 Å². The first-order valence-electron chi connectivity index (χ1n) is 6.47. The molecule has 0 atom stereocenters. The number of nitrogens with zero attached hydrogens (tertiary/aromatic N) is 3. The van der Waals surface area contributed by atoms with Crippen LogP contribution in [-0.2, 0) is 0 Å². The summed E-state index contributed by atoms with van der Waals surface area (Å²) in [5, 5.41) is 6.55. The van der Waals surface area contributed by atoms with Gasteiger partial charge in [0, 0.05) is 16.3 Å². The van der Waals surface area contributed by atoms with E-state index in [1.165, 1.54) is 0 Å². The minimum absolute atomic E-state index is 0.218. The molecule has 3 amide bonds. The fourth-order valence-electron chi connectivity index (χ4n) is 1.69. The number of imide groups is 1. The fraction of sp³-hybridized carbons (Fsp3) is 0. The van der Waals surface area contributed by atoms with E-state index in [1.54, 1.807) is 35.8 Å². The van der Waals surface area contributed by atoms with Gasteiger partial charge in [-0.15, -0.1) is 5.53 Å². The number of benzene rings is 2. The average molecular weight is 309 g/mol. The van der Waals surface area contributed by atoms with Crippen molar-refractivity contribution < 1.29 is 9.59 Å². The largest absolute Gasteiger partial charge is 0.416 e. The van der Waals surface area contributed by atoms with Crippen molar-refractivity contribution in [2.75, 3.05) is 0 Å². The molecule has 0 aliphatic rings. The molecule has 8 heteroatoms. The van der Waals surface area contributed by atoms with Gasteiger partial charge >= 0.3 is 6.03 Å². The van der Waals surface area contributed by atoms with E-state index >= 15 is 0 Å². The summed E-state index contributed by atoms with van der Waals surface area (Å²) in [6.07, 6.45) is 0. The highest BCUT2D eigenvalue weighted by molar-refractivity contribution is 6.04. The first kappa shape index (κ1) is 15.7. The standard InChI is InChI=1S/C8H7N5O2.C7H4O/c9-12-13-11-8(15)10-7(14)6-4-2-1-3-5-6;8-7-5-3-1-2-4-6(5)7/h1-5H,(H2,10,11,14,15);1-4H. The molecule has 0 unspecified atom stereocenters. The molecule has 3 aromatic rings. The summed E-state index contributed by atoms with van der Waals surface area (Å²) in [6, 6.07) is 14.8. The van der Waals surface area contributed by atoms with Crippen LogP contribution in [0.1, 0.15) is 10.4 Å². The highest BCUT2D eigenvalue weighted by Crippen LogP contribution is 2.11. The van der Waals surface area contributed by atoms with Gasteiger partial charge in [0.15, 0.2) is 5.43 Å². The van der Waals surface area contributed by atoms with Gasteiger partial charge in [-0.1, -0.05) is 42.5 Å². The highest BCUT2D eigenvalue weighted by Gasteiger charge is 2.10. The van der Waals surface area contributed by atoms with E-state index in [0.717, 1.165) is 10.8 Å². The molecular formula is C15H11N5O3. The first-order valence-corrected chi connectivity index (χ1v) is 6.47. The number of nitrogens with one attached hydrogen (secondary N) is 2. The summed E-state index contributed by atoms with van der Waals surface area (Å²) in [5.41, 5.74) is 10.2. The number of hydrogen-bond donors (Lipinski definition) is 2. The molecule has 0 bridgehead atoms. The molecule has 114 valence electrons. The zero-order chi connectivity index (χ0) is 16.7. The van der Waals surface area contributed by atoms with Crippen LogP contribution in [-0.4, -0.2) is 11.9 Å². The van der Waals surface area contributed by atoms with Gasteiger partial charge in [-0.05, 0) is 17.4 Å². The Bertz CT molecular complexity index is 859. The Kier molecular flexibility index (Phi) is 5.06. The topological polar surface area (TPSA) is 124 Å². The number of rotatable bonds is 2. The van der Waals surface area contributed by atoms with Crippen LogP contribution in [0.5, 0.6) is 0 Å².